The molecule has 6 saturated heterocycles. The lowest BCUT2D eigenvalue weighted by Crippen LogP contribution is -2.71. The van der Waals surface area contributed by atoms with E-state index in [1.165, 1.54) is 12.8 Å². The van der Waals surface area contributed by atoms with E-state index in [1.54, 1.807) is 0 Å². The van der Waals surface area contributed by atoms with E-state index in [2.05, 4.69) is 47.5 Å². The minimum absolute atomic E-state index is 0.00344. The minimum atomic E-state index is -0.374. The van der Waals surface area contributed by atoms with Gasteiger partial charge in [-0.25, -0.2) is 19.6 Å². The monoisotopic (exact) mass is 612 g/mol. The molecule has 44 heavy (non-hydrogen) atoms. The molecule has 1 unspecified atom stereocenters. The molecule has 4 aliphatic carbocycles. The van der Waals surface area contributed by atoms with E-state index >= 15 is 0 Å². The average Bonchev–Trinajstić information content (AvgIpc) is 3.37. The van der Waals surface area contributed by atoms with Gasteiger partial charge in [-0.05, 0) is 113 Å². The van der Waals surface area contributed by atoms with Crippen molar-refractivity contribution in [2.45, 2.75) is 165 Å². The summed E-state index contributed by atoms with van der Waals surface area (Å²) in [4.78, 5) is 25.6. The van der Waals surface area contributed by atoms with Gasteiger partial charge in [0.25, 0.3) is 0 Å². The molecule has 10 aliphatic rings. The molecule has 0 N–H and O–H groups in total. The second kappa shape index (κ2) is 10.6. The predicted molar refractivity (Wildman–Crippen MR) is 164 cm³/mol. The van der Waals surface area contributed by atoms with Crippen LogP contribution in [0.1, 0.15) is 112 Å². The van der Waals surface area contributed by atoms with Gasteiger partial charge in [0.05, 0.1) is 30.5 Å². The second-order valence-corrected chi connectivity index (χ2v) is 17.2. The van der Waals surface area contributed by atoms with Gasteiger partial charge in [-0.1, -0.05) is 33.6 Å². The van der Waals surface area contributed by atoms with Crippen LogP contribution in [0.15, 0.2) is 0 Å². The van der Waals surface area contributed by atoms with Crippen molar-refractivity contribution in [2.24, 2.45) is 47.3 Å². The zero-order valence-electron chi connectivity index (χ0n) is 27.9. The molecule has 7 heteroatoms. The van der Waals surface area contributed by atoms with Crippen LogP contribution in [0.3, 0.4) is 0 Å². The molecule has 6 heterocycles. The summed E-state index contributed by atoms with van der Waals surface area (Å²) in [6, 6.07) is 0. The van der Waals surface area contributed by atoms with E-state index in [1.807, 2.05) is 0 Å². The van der Waals surface area contributed by atoms with Gasteiger partial charge in [-0.3, -0.25) is 0 Å². The fraction of sp³-hybridized carbons (Fsp3) is 0.946. The molecule has 7 nitrogen and oxygen atoms in total. The van der Waals surface area contributed by atoms with Gasteiger partial charge in [0, 0.05) is 19.3 Å². The summed E-state index contributed by atoms with van der Waals surface area (Å²) in [5.74, 6) is 6.26. The van der Waals surface area contributed by atoms with Gasteiger partial charge in [-0.15, -0.1) is 6.42 Å². The lowest BCUT2D eigenvalue weighted by atomic mass is 9.55. The van der Waals surface area contributed by atoms with Crippen molar-refractivity contribution in [3.63, 3.8) is 0 Å². The van der Waals surface area contributed by atoms with E-state index in [9.17, 15) is 0 Å². The van der Waals surface area contributed by atoms with Crippen molar-refractivity contribution in [1.82, 2.24) is 0 Å². The van der Waals surface area contributed by atoms with E-state index < -0.39 is 0 Å². The van der Waals surface area contributed by atoms with Crippen molar-refractivity contribution < 1.29 is 33.8 Å². The summed E-state index contributed by atoms with van der Waals surface area (Å²) in [5.41, 5.74) is -1.32. The first-order chi connectivity index (χ1) is 21.0. The molecule has 0 aromatic rings. The summed E-state index contributed by atoms with van der Waals surface area (Å²) in [7, 11) is 0. The Morgan fingerprint density at radius 3 is 1.82 bits per heavy atom. The topological polar surface area (TPSA) is 64.6 Å². The SMILES string of the molecule is C#CCO[C@@H](C[C@H]1O[C@@H]2C[C@@]3(C)CC[C@H]4[C@H](C)CC[C@@H]([C@H]1C)[C@@]24OO3)C1O[C@@H]2C[C@@]3(C)CC[C@H]4[C@H](C)CC[C@@H]([C@H]1C)[C@@]24OO3. The maximum Gasteiger partial charge on any atom is 0.136 e. The highest BCUT2D eigenvalue weighted by Crippen LogP contribution is 2.64. The zero-order chi connectivity index (χ0) is 30.6. The molecule has 6 aliphatic heterocycles. The van der Waals surface area contributed by atoms with Gasteiger partial charge in [-0.2, -0.15) is 0 Å². The van der Waals surface area contributed by atoms with Crippen LogP contribution in [0.2, 0.25) is 0 Å². The second-order valence-electron chi connectivity index (χ2n) is 17.2. The standard InChI is InChI=1S/C37H56O7/c1-8-17-38-30(33-24(5)28-12-10-22(3)26-14-16-35(7)20-32(40-33)37(26,28)44-42-35)18-29-23(4)27-11-9-21(2)25-13-15-34(6)19-31(39-29)36(25,27)43-41-34/h1,21-33H,9-20H2,2-7H3/t21-,22-,23-,24-,25+,26+,27+,28+,29-,30+,31-,32-,33?,34-,35-,36-,37-/m1/s1. The Morgan fingerprint density at radius 1 is 0.705 bits per heavy atom. The van der Waals surface area contributed by atoms with Crippen LogP contribution < -0.4 is 0 Å². The fourth-order valence-electron chi connectivity index (χ4n) is 12.4. The molecule has 0 aromatic carbocycles. The van der Waals surface area contributed by atoms with Crippen LogP contribution >= 0.6 is 0 Å². The number of rotatable bonds is 5. The van der Waals surface area contributed by atoms with Gasteiger partial charge in [0.2, 0.25) is 0 Å². The Hall–Kier alpha value is -0.720. The molecule has 2 spiro atoms. The Kier molecular flexibility index (Phi) is 7.40. The fourth-order valence-corrected chi connectivity index (χ4v) is 12.4. The van der Waals surface area contributed by atoms with E-state index in [0.717, 1.165) is 57.8 Å². The van der Waals surface area contributed by atoms with Crippen LogP contribution in [0.4, 0.5) is 0 Å². The van der Waals surface area contributed by atoms with Gasteiger partial charge in [0.1, 0.15) is 29.0 Å². The third-order valence-electron chi connectivity index (χ3n) is 14.8. The summed E-state index contributed by atoms with van der Waals surface area (Å²) < 4.78 is 21.1. The summed E-state index contributed by atoms with van der Waals surface area (Å²) in [5, 5.41) is 0. The first-order valence-electron chi connectivity index (χ1n) is 18.1. The smallest absolute Gasteiger partial charge is 0.136 e. The van der Waals surface area contributed by atoms with E-state index in [4.69, 9.17) is 40.2 Å². The van der Waals surface area contributed by atoms with Crippen molar-refractivity contribution >= 4 is 0 Å². The Balaban J connectivity index is 1.10. The van der Waals surface area contributed by atoms with Gasteiger partial charge in [0.15, 0.2) is 0 Å². The first kappa shape index (κ1) is 30.6. The molecule has 4 saturated carbocycles. The van der Waals surface area contributed by atoms with Crippen LogP contribution in [-0.2, 0) is 33.8 Å². The van der Waals surface area contributed by atoms with E-state index in [-0.39, 0.29) is 65.4 Å². The molecule has 4 bridgehead atoms. The van der Waals surface area contributed by atoms with Crippen molar-refractivity contribution in [3.8, 4) is 12.3 Å². The lowest BCUT2D eigenvalue weighted by molar-refractivity contribution is -0.491. The highest BCUT2D eigenvalue weighted by Gasteiger charge is 2.70. The molecule has 10 rings (SSSR count). The zero-order valence-corrected chi connectivity index (χ0v) is 27.9. The average molecular weight is 613 g/mol. The Bertz CT molecular complexity index is 1160. The quantitative estimate of drug-likeness (QED) is 0.250. The Labute approximate surface area is 264 Å². The van der Waals surface area contributed by atoms with Gasteiger partial charge >= 0.3 is 0 Å². The molecule has 17 atom stereocenters. The number of hydrogen-bond donors (Lipinski definition) is 0. The van der Waals surface area contributed by atoms with Crippen molar-refractivity contribution in [2.75, 3.05) is 6.61 Å². The molecule has 10 fully saturated rings. The Morgan fingerprint density at radius 2 is 1.25 bits per heavy atom. The summed E-state index contributed by atoms with van der Waals surface area (Å²) in [6.45, 7) is 14.3. The molecule has 246 valence electrons. The van der Waals surface area contributed by atoms with Crippen molar-refractivity contribution in [1.29, 1.82) is 0 Å². The predicted octanol–water partition coefficient (Wildman–Crippen LogP) is 6.81. The van der Waals surface area contributed by atoms with Crippen molar-refractivity contribution in [3.05, 3.63) is 0 Å². The maximum absolute atomic E-state index is 7.28. The maximum atomic E-state index is 7.28. The molecule has 0 radical (unpaired) electrons. The molecule has 0 amide bonds. The van der Waals surface area contributed by atoms with Crippen LogP contribution in [0.25, 0.3) is 0 Å². The number of hydrogen-bond acceptors (Lipinski definition) is 7. The third kappa shape index (κ3) is 4.27. The molecular weight excluding hydrogens is 556 g/mol. The summed E-state index contributed by atoms with van der Waals surface area (Å²) >= 11 is 0. The lowest BCUT2D eigenvalue weighted by Gasteiger charge is -2.63. The molecular formula is C37H56O7. The third-order valence-corrected chi connectivity index (χ3v) is 14.8. The number of fused-ring (bicyclic) bond motifs is 4. The first-order valence-corrected chi connectivity index (χ1v) is 18.1. The van der Waals surface area contributed by atoms with Gasteiger partial charge < -0.3 is 14.2 Å². The van der Waals surface area contributed by atoms with Crippen LogP contribution in [0, 0.1) is 59.7 Å². The van der Waals surface area contributed by atoms with Crippen LogP contribution in [-0.4, -0.2) is 59.5 Å². The largest absolute Gasteiger partial charge is 0.371 e. The number of ether oxygens (including phenoxy) is 3. The normalized spacial score (nSPS) is 58.2. The van der Waals surface area contributed by atoms with Crippen LogP contribution in [0.5, 0.6) is 0 Å². The highest BCUT2D eigenvalue weighted by molar-refractivity contribution is 5.16. The van der Waals surface area contributed by atoms with E-state index in [0.29, 0.717) is 41.4 Å². The summed E-state index contributed by atoms with van der Waals surface area (Å²) in [6.07, 6.45) is 17.3. The minimum Gasteiger partial charge on any atom is -0.371 e. The number of terminal acetylenes is 1. The molecule has 0 aromatic heterocycles. The highest BCUT2D eigenvalue weighted by atomic mass is 17.2.